The maximum Gasteiger partial charge on any atom is 0.265 e. The Morgan fingerprint density at radius 2 is 2.03 bits per heavy atom. The number of benzene rings is 2. The highest BCUT2D eigenvalue weighted by molar-refractivity contribution is 8.04. The van der Waals surface area contributed by atoms with Crippen molar-refractivity contribution in [2.45, 2.75) is 31.3 Å². The van der Waals surface area contributed by atoms with Crippen LogP contribution in [0.3, 0.4) is 0 Å². The molecular formula is C23H25ClN2O3S. The summed E-state index contributed by atoms with van der Waals surface area (Å²) in [5, 5.41) is 3.48. The van der Waals surface area contributed by atoms with Crippen molar-refractivity contribution in [3.63, 3.8) is 0 Å². The van der Waals surface area contributed by atoms with Crippen molar-refractivity contribution in [2.24, 2.45) is 0 Å². The molecule has 3 rings (SSSR count). The van der Waals surface area contributed by atoms with E-state index in [9.17, 15) is 9.59 Å². The summed E-state index contributed by atoms with van der Waals surface area (Å²) in [5.74, 6) is -0.395. The predicted octanol–water partition coefficient (Wildman–Crippen LogP) is 4.75. The Bertz CT molecular complexity index is 946. The number of hydrogen-bond donors (Lipinski definition) is 1. The number of nitrogens with zero attached hydrogens (tertiary/aromatic N) is 1. The average molecular weight is 445 g/mol. The maximum atomic E-state index is 13.2. The normalized spacial score (nSPS) is 14.9. The second-order valence-corrected chi connectivity index (χ2v) is 8.67. The number of fused-ring (bicyclic) bond motifs is 1. The van der Waals surface area contributed by atoms with Crippen molar-refractivity contribution in [2.75, 3.05) is 24.6 Å². The minimum atomic E-state index is -0.197. The smallest absolute Gasteiger partial charge is 0.265 e. The average Bonchev–Trinajstić information content (AvgIpc) is 2.70. The standard InChI is InChI=1S/C23H25ClN2O3S/c1-16(2)29-12-6-11-25-22(27)15-26-19-9-3-4-10-20(19)30-21(23(26)28)14-17-7-5-8-18(24)13-17/h3-5,7-10,13-14,16H,6,11-12,15H2,1-2H3,(H,25,27). The Morgan fingerprint density at radius 3 is 2.80 bits per heavy atom. The van der Waals surface area contributed by atoms with E-state index >= 15 is 0 Å². The highest BCUT2D eigenvalue weighted by Gasteiger charge is 2.30. The molecule has 5 nitrogen and oxygen atoms in total. The number of hydrogen-bond acceptors (Lipinski definition) is 4. The Balaban J connectivity index is 1.72. The molecule has 0 unspecified atom stereocenters. The first kappa shape index (κ1) is 22.4. The zero-order valence-electron chi connectivity index (χ0n) is 17.1. The van der Waals surface area contributed by atoms with Gasteiger partial charge in [-0.1, -0.05) is 47.6 Å². The number of carbonyl (C=O) groups is 2. The molecule has 1 aliphatic rings. The Kier molecular flexibility index (Phi) is 7.96. The lowest BCUT2D eigenvalue weighted by atomic mass is 10.2. The zero-order valence-corrected chi connectivity index (χ0v) is 18.6. The SMILES string of the molecule is CC(C)OCCCNC(=O)CN1C(=O)C(=Cc2cccc(Cl)c2)Sc2ccccc21. The van der Waals surface area contributed by atoms with Crippen molar-refractivity contribution < 1.29 is 14.3 Å². The van der Waals surface area contributed by atoms with Crippen LogP contribution in [0.25, 0.3) is 6.08 Å². The molecule has 2 aromatic rings. The van der Waals surface area contributed by atoms with Gasteiger partial charge in [0.15, 0.2) is 0 Å². The molecule has 1 aliphatic heterocycles. The van der Waals surface area contributed by atoms with Gasteiger partial charge in [0.2, 0.25) is 5.91 Å². The maximum absolute atomic E-state index is 13.2. The third kappa shape index (κ3) is 6.11. The van der Waals surface area contributed by atoms with Crippen LogP contribution in [0.1, 0.15) is 25.8 Å². The molecule has 2 amide bonds. The quantitative estimate of drug-likeness (QED) is 0.471. The van der Waals surface area contributed by atoms with Gasteiger partial charge in [-0.3, -0.25) is 14.5 Å². The summed E-state index contributed by atoms with van der Waals surface area (Å²) in [6.45, 7) is 5.02. The lowest BCUT2D eigenvalue weighted by Gasteiger charge is -2.29. The number of nitrogens with one attached hydrogen (secondary N) is 1. The second-order valence-electron chi connectivity index (χ2n) is 7.15. The van der Waals surface area contributed by atoms with E-state index in [-0.39, 0.29) is 24.5 Å². The molecule has 0 atom stereocenters. The molecule has 0 radical (unpaired) electrons. The second kappa shape index (κ2) is 10.7. The molecule has 0 aromatic heterocycles. The van der Waals surface area contributed by atoms with Crippen molar-refractivity contribution >= 4 is 46.9 Å². The van der Waals surface area contributed by atoms with Crippen LogP contribution in [-0.2, 0) is 14.3 Å². The van der Waals surface area contributed by atoms with Gasteiger partial charge in [0.05, 0.1) is 16.7 Å². The van der Waals surface area contributed by atoms with Crippen LogP contribution in [0.15, 0.2) is 58.3 Å². The van der Waals surface area contributed by atoms with E-state index in [4.69, 9.17) is 16.3 Å². The van der Waals surface area contributed by atoms with Gasteiger partial charge < -0.3 is 10.1 Å². The molecule has 30 heavy (non-hydrogen) atoms. The van der Waals surface area contributed by atoms with E-state index in [0.29, 0.717) is 23.1 Å². The molecular weight excluding hydrogens is 420 g/mol. The van der Waals surface area contributed by atoms with E-state index in [2.05, 4.69) is 5.32 Å². The Hall–Kier alpha value is -2.28. The number of para-hydroxylation sites is 1. The summed E-state index contributed by atoms with van der Waals surface area (Å²) < 4.78 is 5.48. The molecule has 2 aromatic carbocycles. The number of anilines is 1. The summed E-state index contributed by atoms with van der Waals surface area (Å²) in [4.78, 5) is 28.7. The fourth-order valence-electron chi connectivity index (χ4n) is 2.99. The number of halogens is 1. The molecule has 0 aliphatic carbocycles. The van der Waals surface area contributed by atoms with E-state index < -0.39 is 0 Å². The summed E-state index contributed by atoms with van der Waals surface area (Å²) >= 11 is 7.47. The van der Waals surface area contributed by atoms with Crippen LogP contribution < -0.4 is 10.2 Å². The van der Waals surface area contributed by atoms with Gasteiger partial charge in [0.1, 0.15) is 6.54 Å². The summed E-state index contributed by atoms with van der Waals surface area (Å²) in [7, 11) is 0. The van der Waals surface area contributed by atoms with Crippen LogP contribution >= 0.6 is 23.4 Å². The topological polar surface area (TPSA) is 58.6 Å². The largest absolute Gasteiger partial charge is 0.379 e. The first-order valence-electron chi connectivity index (χ1n) is 9.88. The van der Waals surface area contributed by atoms with Crippen LogP contribution in [0, 0.1) is 0 Å². The molecule has 0 spiro atoms. The van der Waals surface area contributed by atoms with Crippen molar-refractivity contribution in [3.05, 3.63) is 64.0 Å². The fourth-order valence-corrected chi connectivity index (χ4v) is 4.24. The highest BCUT2D eigenvalue weighted by Crippen LogP contribution is 2.41. The lowest BCUT2D eigenvalue weighted by molar-refractivity contribution is -0.122. The summed E-state index contributed by atoms with van der Waals surface area (Å²) in [6, 6.07) is 14.9. The van der Waals surface area contributed by atoms with Gasteiger partial charge in [-0.05, 0) is 56.2 Å². The molecule has 0 saturated heterocycles. The first-order chi connectivity index (χ1) is 14.4. The minimum Gasteiger partial charge on any atom is -0.379 e. The van der Waals surface area contributed by atoms with Crippen LogP contribution in [0.4, 0.5) is 5.69 Å². The molecule has 0 saturated carbocycles. The molecule has 158 valence electrons. The van der Waals surface area contributed by atoms with E-state index in [0.717, 1.165) is 22.6 Å². The predicted molar refractivity (Wildman–Crippen MR) is 123 cm³/mol. The van der Waals surface area contributed by atoms with E-state index in [1.807, 2.05) is 56.3 Å². The Morgan fingerprint density at radius 1 is 1.23 bits per heavy atom. The number of amides is 2. The van der Waals surface area contributed by atoms with Crippen molar-refractivity contribution in [1.82, 2.24) is 5.32 Å². The van der Waals surface area contributed by atoms with Gasteiger partial charge in [0, 0.05) is 23.1 Å². The minimum absolute atomic E-state index is 0.0334. The molecule has 0 bridgehead atoms. The van der Waals surface area contributed by atoms with Gasteiger partial charge in [-0.2, -0.15) is 0 Å². The van der Waals surface area contributed by atoms with E-state index in [1.165, 1.54) is 16.7 Å². The molecule has 7 heteroatoms. The Labute approximate surface area is 186 Å². The van der Waals surface area contributed by atoms with E-state index in [1.54, 1.807) is 12.1 Å². The zero-order chi connectivity index (χ0) is 21.5. The van der Waals surface area contributed by atoms with Crippen LogP contribution in [-0.4, -0.2) is 37.6 Å². The monoisotopic (exact) mass is 444 g/mol. The number of thioether (sulfide) groups is 1. The molecule has 1 heterocycles. The summed E-state index contributed by atoms with van der Waals surface area (Å²) in [6.07, 6.45) is 2.71. The third-order valence-corrected chi connectivity index (χ3v) is 5.69. The van der Waals surface area contributed by atoms with Crippen molar-refractivity contribution in [1.29, 1.82) is 0 Å². The van der Waals surface area contributed by atoms with Gasteiger partial charge in [0.25, 0.3) is 5.91 Å². The van der Waals surface area contributed by atoms with Gasteiger partial charge >= 0.3 is 0 Å². The highest BCUT2D eigenvalue weighted by atomic mass is 35.5. The number of carbonyl (C=O) groups excluding carboxylic acids is 2. The number of ether oxygens (including phenoxy) is 1. The number of rotatable bonds is 8. The lowest BCUT2D eigenvalue weighted by Crippen LogP contribution is -2.43. The van der Waals surface area contributed by atoms with Crippen LogP contribution in [0.5, 0.6) is 0 Å². The van der Waals surface area contributed by atoms with Crippen LogP contribution in [0.2, 0.25) is 5.02 Å². The van der Waals surface area contributed by atoms with Gasteiger partial charge in [-0.25, -0.2) is 0 Å². The third-order valence-electron chi connectivity index (χ3n) is 4.37. The molecule has 1 N–H and O–H groups in total. The fraction of sp³-hybridized carbons (Fsp3) is 0.304. The van der Waals surface area contributed by atoms with Crippen molar-refractivity contribution in [3.8, 4) is 0 Å². The first-order valence-corrected chi connectivity index (χ1v) is 11.1. The summed E-state index contributed by atoms with van der Waals surface area (Å²) in [5.41, 5.74) is 1.58. The molecule has 0 fully saturated rings. The van der Waals surface area contributed by atoms with Gasteiger partial charge in [-0.15, -0.1) is 0 Å².